The molecule has 0 radical (unpaired) electrons. The molecule has 5 aromatic rings. The molecule has 5 rings (SSSR count). The number of hydroxylamine groups is 1. The maximum Gasteiger partial charge on any atom is 0.293 e. The average Bonchev–Trinajstić information content (AvgIpc) is 3.21. The summed E-state index contributed by atoms with van der Waals surface area (Å²) in [5, 5.41) is 3.41. The topological polar surface area (TPSA) is 103 Å². The van der Waals surface area contributed by atoms with E-state index >= 15 is 0 Å². The Balaban J connectivity index is 1.33. The van der Waals surface area contributed by atoms with Crippen LogP contribution in [0, 0.1) is 0 Å². The molecule has 0 bridgehead atoms. The number of fused-ring (bicyclic) bond motifs is 1. The molecule has 192 valence electrons. The van der Waals surface area contributed by atoms with Crippen LogP contribution in [0.4, 0.5) is 11.6 Å². The van der Waals surface area contributed by atoms with Crippen molar-refractivity contribution >= 4 is 28.6 Å². The third-order valence-corrected chi connectivity index (χ3v) is 5.63. The molecule has 0 aliphatic carbocycles. The van der Waals surface area contributed by atoms with Crippen molar-refractivity contribution < 1.29 is 14.4 Å². The highest BCUT2D eigenvalue weighted by molar-refractivity contribution is 5.91. The first-order chi connectivity index (χ1) is 18.2. The normalized spacial score (nSPS) is 11.4. The minimum absolute atomic E-state index is 0.186. The van der Waals surface area contributed by atoms with E-state index in [1.165, 1.54) is 6.20 Å². The van der Waals surface area contributed by atoms with Crippen LogP contribution in [0.3, 0.4) is 0 Å². The standard InChI is InChI=1S/C29H28N6O3/c1-29(2,3)38-34-27(36)25-18-23(12-15-31-25)37-22-8-9-26-24(17-22)33-28(35(26)4)32-21-7-5-6-20(16-21)19-10-13-30-14-11-19/h5-18H,1-4H3,(H,32,33)(H,34,36). The SMILES string of the molecule is Cn1c(Nc2cccc(-c3ccncc3)c2)nc2cc(Oc3ccnc(C(=O)NOC(C)(C)C)c3)ccc21. The first kappa shape index (κ1) is 24.9. The van der Waals surface area contributed by atoms with Gasteiger partial charge in [0.2, 0.25) is 5.95 Å². The van der Waals surface area contributed by atoms with Crippen LogP contribution in [-0.2, 0) is 11.9 Å². The van der Waals surface area contributed by atoms with Crippen LogP contribution in [0.5, 0.6) is 11.5 Å². The molecular weight excluding hydrogens is 480 g/mol. The molecule has 3 heterocycles. The predicted molar refractivity (Wildman–Crippen MR) is 146 cm³/mol. The van der Waals surface area contributed by atoms with Crippen molar-refractivity contribution in [1.82, 2.24) is 25.0 Å². The van der Waals surface area contributed by atoms with Gasteiger partial charge in [-0.05, 0) is 74.4 Å². The summed E-state index contributed by atoms with van der Waals surface area (Å²) in [5.74, 6) is 1.31. The van der Waals surface area contributed by atoms with Gasteiger partial charge in [0.25, 0.3) is 5.91 Å². The molecule has 0 saturated heterocycles. The number of nitrogens with one attached hydrogen (secondary N) is 2. The van der Waals surface area contributed by atoms with Gasteiger partial charge in [-0.25, -0.2) is 10.5 Å². The molecule has 1 amide bonds. The Labute approximate surface area is 220 Å². The molecule has 2 aromatic carbocycles. The molecule has 0 aliphatic rings. The first-order valence-corrected chi connectivity index (χ1v) is 12.1. The second kappa shape index (κ2) is 10.3. The van der Waals surface area contributed by atoms with Gasteiger partial charge in [0.15, 0.2) is 0 Å². The highest BCUT2D eigenvalue weighted by Gasteiger charge is 2.16. The molecule has 0 saturated carbocycles. The van der Waals surface area contributed by atoms with Gasteiger partial charge in [0, 0.05) is 43.5 Å². The number of benzene rings is 2. The third-order valence-electron chi connectivity index (χ3n) is 5.63. The lowest BCUT2D eigenvalue weighted by Crippen LogP contribution is -2.33. The lowest BCUT2D eigenvalue weighted by molar-refractivity contribution is -0.0591. The van der Waals surface area contributed by atoms with E-state index in [1.54, 1.807) is 24.5 Å². The van der Waals surface area contributed by atoms with E-state index in [9.17, 15) is 4.79 Å². The lowest BCUT2D eigenvalue weighted by atomic mass is 10.1. The Morgan fingerprint density at radius 2 is 1.68 bits per heavy atom. The zero-order valence-corrected chi connectivity index (χ0v) is 21.6. The lowest BCUT2D eigenvalue weighted by Gasteiger charge is -2.18. The molecule has 0 aliphatic heterocycles. The number of anilines is 2. The van der Waals surface area contributed by atoms with Crippen molar-refractivity contribution in [2.24, 2.45) is 7.05 Å². The fourth-order valence-corrected chi connectivity index (χ4v) is 3.79. The molecular formula is C29H28N6O3. The molecule has 38 heavy (non-hydrogen) atoms. The summed E-state index contributed by atoms with van der Waals surface area (Å²) < 4.78 is 8.01. The maximum absolute atomic E-state index is 12.4. The number of hydrogen-bond acceptors (Lipinski definition) is 7. The van der Waals surface area contributed by atoms with Crippen molar-refractivity contribution in [2.45, 2.75) is 26.4 Å². The molecule has 9 nitrogen and oxygen atoms in total. The van der Waals surface area contributed by atoms with E-state index in [0.29, 0.717) is 17.4 Å². The number of imidazole rings is 1. The Morgan fingerprint density at radius 3 is 2.47 bits per heavy atom. The number of aromatic nitrogens is 4. The minimum atomic E-state index is -0.516. The van der Waals surface area contributed by atoms with Gasteiger partial charge < -0.3 is 14.6 Å². The van der Waals surface area contributed by atoms with Gasteiger partial charge in [0.05, 0.1) is 16.6 Å². The molecule has 9 heteroatoms. The number of pyridine rings is 2. The van der Waals surface area contributed by atoms with Gasteiger partial charge in [-0.2, -0.15) is 0 Å². The van der Waals surface area contributed by atoms with Gasteiger partial charge in [-0.15, -0.1) is 0 Å². The van der Waals surface area contributed by atoms with Crippen LogP contribution in [0.1, 0.15) is 31.3 Å². The summed E-state index contributed by atoms with van der Waals surface area (Å²) in [6, 6.07) is 21.0. The van der Waals surface area contributed by atoms with Crippen LogP contribution in [0.25, 0.3) is 22.2 Å². The summed E-state index contributed by atoms with van der Waals surface area (Å²) in [4.78, 5) is 30.7. The van der Waals surface area contributed by atoms with E-state index in [1.807, 2.05) is 74.9 Å². The van der Waals surface area contributed by atoms with E-state index in [2.05, 4.69) is 32.9 Å². The molecule has 0 atom stereocenters. The number of carbonyl (C=O) groups excluding carboxylic acids is 1. The van der Waals surface area contributed by atoms with E-state index in [4.69, 9.17) is 14.6 Å². The van der Waals surface area contributed by atoms with Crippen LogP contribution < -0.4 is 15.5 Å². The quantitative estimate of drug-likeness (QED) is 0.259. The largest absolute Gasteiger partial charge is 0.457 e. The minimum Gasteiger partial charge on any atom is -0.457 e. The summed E-state index contributed by atoms with van der Waals surface area (Å²) in [7, 11) is 1.96. The van der Waals surface area contributed by atoms with Crippen molar-refractivity contribution in [3.05, 3.63) is 91.0 Å². The second-order valence-electron chi connectivity index (χ2n) is 9.71. The van der Waals surface area contributed by atoms with Gasteiger partial charge >= 0.3 is 0 Å². The Morgan fingerprint density at radius 1 is 0.895 bits per heavy atom. The zero-order valence-electron chi connectivity index (χ0n) is 21.6. The second-order valence-corrected chi connectivity index (χ2v) is 9.71. The zero-order chi connectivity index (χ0) is 26.7. The number of rotatable bonds is 7. The number of carbonyl (C=O) groups is 1. The Kier molecular flexibility index (Phi) is 6.76. The van der Waals surface area contributed by atoms with E-state index in [0.717, 1.165) is 27.8 Å². The number of ether oxygens (including phenoxy) is 1. The fraction of sp³-hybridized carbons (Fsp3) is 0.172. The van der Waals surface area contributed by atoms with Crippen LogP contribution in [0.2, 0.25) is 0 Å². The highest BCUT2D eigenvalue weighted by Crippen LogP contribution is 2.29. The molecule has 2 N–H and O–H groups in total. The maximum atomic E-state index is 12.4. The highest BCUT2D eigenvalue weighted by atomic mass is 16.7. The monoisotopic (exact) mass is 508 g/mol. The van der Waals surface area contributed by atoms with Crippen molar-refractivity contribution in [3.8, 4) is 22.6 Å². The third kappa shape index (κ3) is 5.79. The smallest absolute Gasteiger partial charge is 0.293 e. The van der Waals surface area contributed by atoms with E-state index in [-0.39, 0.29) is 5.69 Å². The average molecular weight is 509 g/mol. The molecule has 3 aromatic heterocycles. The summed E-state index contributed by atoms with van der Waals surface area (Å²) in [6.45, 7) is 5.53. The molecule has 0 spiro atoms. The summed E-state index contributed by atoms with van der Waals surface area (Å²) >= 11 is 0. The van der Waals surface area contributed by atoms with Crippen molar-refractivity contribution in [2.75, 3.05) is 5.32 Å². The van der Waals surface area contributed by atoms with Crippen LogP contribution in [0.15, 0.2) is 85.3 Å². The summed E-state index contributed by atoms with van der Waals surface area (Å²) in [5.41, 5.74) is 6.90. The van der Waals surface area contributed by atoms with Gasteiger partial charge in [0.1, 0.15) is 17.2 Å². The van der Waals surface area contributed by atoms with Crippen molar-refractivity contribution in [3.63, 3.8) is 0 Å². The fourth-order valence-electron chi connectivity index (χ4n) is 3.79. The Hall–Kier alpha value is -4.76. The number of hydrogen-bond donors (Lipinski definition) is 2. The molecule has 0 fully saturated rings. The van der Waals surface area contributed by atoms with Crippen molar-refractivity contribution in [1.29, 1.82) is 0 Å². The molecule has 0 unspecified atom stereocenters. The predicted octanol–water partition coefficient (Wildman–Crippen LogP) is 6.03. The number of aryl methyl sites for hydroxylation is 1. The first-order valence-electron chi connectivity index (χ1n) is 12.1. The van der Waals surface area contributed by atoms with Gasteiger partial charge in [-0.3, -0.25) is 19.6 Å². The van der Waals surface area contributed by atoms with E-state index < -0.39 is 11.5 Å². The Bertz CT molecular complexity index is 1590. The number of amides is 1. The van der Waals surface area contributed by atoms with Crippen LogP contribution >= 0.6 is 0 Å². The summed E-state index contributed by atoms with van der Waals surface area (Å²) in [6.07, 6.45) is 5.08. The van der Waals surface area contributed by atoms with Crippen LogP contribution in [-0.4, -0.2) is 31.0 Å². The van der Waals surface area contributed by atoms with Gasteiger partial charge in [-0.1, -0.05) is 12.1 Å². The number of nitrogens with zero attached hydrogens (tertiary/aromatic N) is 4.